The van der Waals surface area contributed by atoms with Crippen molar-refractivity contribution in [3.63, 3.8) is 0 Å². The summed E-state index contributed by atoms with van der Waals surface area (Å²) >= 11 is 12.3. The van der Waals surface area contributed by atoms with Crippen LogP contribution in [0.1, 0.15) is 44.7 Å². The Labute approximate surface area is 247 Å². The quantitative estimate of drug-likeness (QED) is 0.266. The molecule has 2 atom stereocenters. The van der Waals surface area contributed by atoms with Crippen LogP contribution in [0.25, 0.3) is 0 Å². The second-order valence-electron chi connectivity index (χ2n) is 9.65. The van der Waals surface area contributed by atoms with Crippen molar-refractivity contribution in [2.24, 2.45) is 0 Å². The summed E-state index contributed by atoms with van der Waals surface area (Å²) in [4.78, 5) is 28.9. The number of carbonyl (C=O) groups is 2. The van der Waals surface area contributed by atoms with Gasteiger partial charge in [-0.15, -0.1) is 0 Å². The average molecular weight is 605 g/mol. The second-order valence-corrected chi connectivity index (χ2v) is 12.4. The lowest BCUT2D eigenvalue weighted by atomic mass is 10.1. The van der Waals surface area contributed by atoms with Crippen LogP contribution in [-0.2, 0) is 26.2 Å². The Morgan fingerprint density at radius 2 is 1.52 bits per heavy atom. The summed E-state index contributed by atoms with van der Waals surface area (Å²) < 4.78 is 28.9. The number of hydrogen-bond acceptors (Lipinski definition) is 4. The highest BCUT2D eigenvalue weighted by atomic mass is 35.5. The summed E-state index contributed by atoms with van der Waals surface area (Å²) in [5, 5.41) is 3.84. The predicted octanol–water partition coefficient (Wildman–Crippen LogP) is 6.22. The standard InChI is InChI=1S/C30H35Cl2N3O4S/c1-5-22(4)33-30(37)27(6-2)34(19-23-13-16-24(31)17-14-23)29(36)20-35(28-18-25(32)15-12-21(28)3)40(38,39)26-10-8-7-9-11-26/h7-18,22,27H,5-6,19-20H2,1-4H3,(H,33,37)/t22-,27+/m1/s1. The second kappa shape index (κ2) is 14.0. The van der Waals surface area contributed by atoms with Crippen LogP contribution in [0, 0.1) is 6.92 Å². The van der Waals surface area contributed by atoms with E-state index in [1.807, 2.05) is 20.8 Å². The minimum Gasteiger partial charge on any atom is -0.352 e. The topological polar surface area (TPSA) is 86.8 Å². The molecule has 0 spiro atoms. The highest BCUT2D eigenvalue weighted by Crippen LogP contribution is 2.30. The molecule has 40 heavy (non-hydrogen) atoms. The molecule has 0 aromatic heterocycles. The van der Waals surface area contributed by atoms with Gasteiger partial charge in [0.05, 0.1) is 10.6 Å². The van der Waals surface area contributed by atoms with E-state index in [-0.39, 0.29) is 29.1 Å². The van der Waals surface area contributed by atoms with Crippen LogP contribution in [0.2, 0.25) is 10.0 Å². The van der Waals surface area contributed by atoms with Gasteiger partial charge in [-0.3, -0.25) is 13.9 Å². The van der Waals surface area contributed by atoms with Crippen LogP contribution in [0.15, 0.2) is 77.7 Å². The summed E-state index contributed by atoms with van der Waals surface area (Å²) in [6.07, 6.45) is 1.06. The van der Waals surface area contributed by atoms with Crippen molar-refractivity contribution in [3.05, 3.63) is 94.0 Å². The van der Waals surface area contributed by atoms with Gasteiger partial charge in [0.1, 0.15) is 12.6 Å². The first-order valence-electron chi connectivity index (χ1n) is 13.2. The van der Waals surface area contributed by atoms with Crippen molar-refractivity contribution in [3.8, 4) is 0 Å². The van der Waals surface area contributed by atoms with Crippen molar-refractivity contribution < 1.29 is 18.0 Å². The maximum atomic E-state index is 14.1. The fourth-order valence-corrected chi connectivity index (χ4v) is 6.02. The van der Waals surface area contributed by atoms with Crippen molar-refractivity contribution in [2.45, 2.75) is 64.1 Å². The Morgan fingerprint density at radius 3 is 2.12 bits per heavy atom. The molecule has 0 saturated carbocycles. The van der Waals surface area contributed by atoms with Crippen LogP contribution in [0.5, 0.6) is 0 Å². The predicted molar refractivity (Wildman–Crippen MR) is 161 cm³/mol. The number of carbonyl (C=O) groups excluding carboxylic acids is 2. The van der Waals surface area contributed by atoms with Gasteiger partial charge < -0.3 is 10.2 Å². The van der Waals surface area contributed by atoms with Crippen molar-refractivity contribution >= 4 is 50.7 Å². The van der Waals surface area contributed by atoms with Crippen molar-refractivity contribution in [1.29, 1.82) is 0 Å². The molecule has 0 aliphatic heterocycles. The van der Waals surface area contributed by atoms with Crippen LogP contribution >= 0.6 is 23.2 Å². The Kier molecular flexibility index (Phi) is 11.0. The zero-order valence-electron chi connectivity index (χ0n) is 23.1. The van der Waals surface area contributed by atoms with Crippen LogP contribution in [0.3, 0.4) is 0 Å². The summed E-state index contributed by atoms with van der Waals surface area (Å²) in [6.45, 7) is 7.00. The SMILES string of the molecule is CC[C@@H](C)NC(=O)[C@H](CC)N(Cc1ccc(Cl)cc1)C(=O)CN(c1cc(Cl)ccc1C)S(=O)(=O)c1ccccc1. The van der Waals surface area contributed by atoms with E-state index in [0.29, 0.717) is 22.0 Å². The lowest BCUT2D eigenvalue weighted by Gasteiger charge is -2.34. The molecule has 0 radical (unpaired) electrons. The minimum absolute atomic E-state index is 0.0352. The maximum Gasteiger partial charge on any atom is 0.264 e. The van der Waals surface area contributed by atoms with Gasteiger partial charge in [0, 0.05) is 22.6 Å². The van der Waals surface area contributed by atoms with Crippen LogP contribution in [0.4, 0.5) is 5.69 Å². The molecule has 0 bridgehead atoms. The molecule has 3 rings (SSSR count). The minimum atomic E-state index is -4.17. The monoisotopic (exact) mass is 603 g/mol. The lowest BCUT2D eigenvalue weighted by Crippen LogP contribution is -2.53. The Balaban J connectivity index is 2.08. The number of hydrogen-bond donors (Lipinski definition) is 1. The molecule has 0 unspecified atom stereocenters. The fourth-order valence-electron chi connectivity index (χ4n) is 4.23. The van der Waals surface area contributed by atoms with Crippen molar-refractivity contribution in [2.75, 3.05) is 10.8 Å². The first-order valence-corrected chi connectivity index (χ1v) is 15.4. The van der Waals surface area contributed by atoms with E-state index in [1.165, 1.54) is 23.1 Å². The normalized spacial score (nSPS) is 12.8. The molecule has 1 N–H and O–H groups in total. The van der Waals surface area contributed by atoms with E-state index < -0.39 is 28.5 Å². The smallest absolute Gasteiger partial charge is 0.264 e. The van der Waals surface area contributed by atoms with E-state index in [4.69, 9.17) is 23.2 Å². The Morgan fingerprint density at radius 1 is 0.900 bits per heavy atom. The molecule has 10 heteroatoms. The largest absolute Gasteiger partial charge is 0.352 e. The van der Waals surface area contributed by atoms with Gasteiger partial charge in [0.25, 0.3) is 10.0 Å². The molecule has 3 aromatic carbocycles. The van der Waals surface area contributed by atoms with E-state index in [1.54, 1.807) is 61.5 Å². The zero-order valence-corrected chi connectivity index (χ0v) is 25.4. The van der Waals surface area contributed by atoms with E-state index in [9.17, 15) is 18.0 Å². The molecular formula is C30H35Cl2N3O4S. The van der Waals surface area contributed by atoms with Gasteiger partial charge in [-0.2, -0.15) is 0 Å². The molecule has 0 heterocycles. The van der Waals surface area contributed by atoms with Gasteiger partial charge in [0.15, 0.2) is 0 Å². The number of benzene rings is 3. The van der Waals surface area contributed by atoms with Crippen molar-refractivity contribution in [1.82, 2.24) is 10.2 Å². The first-order chi connectivity index (χ1) is 19.0. The number of nitrogens with one attached hydrogen (secondary N) is 1. The molecule has 0 aliphatic carbocycles. The Bertz CT molecular complexity index is 1420. The number of anilines is 1. The highest BCUT2D eigenvalue weighted by Gasteiger charge is 2.34. The lowest BCUT2D eigenvalue weighted by molar-refractivity contribution is -0.140. The maximum absolute atomic E-state index is 14.1. The van der Waals surface area contributed by atoms with Gasteiger partial charge in [-0.25, -0.2) is 8.42 Å². The molecular weight excluding hydrogens is 569 g/mol. The summed E-state index contributed by atoms with van der Waals surface area (Å²) in [5.41, 5.74) is 1.67. The number of rotatable bonds is 12. The number of halogens is 2. The fraction of sp³-hybridized carbons (Fsp3) is 0.333. The third-order valence-electron chi connectivity index (χ3n) is 6.70. The van der Waals surface area contributed by atoms with E-state index in [0.717, 1.165) is 16.3 Å². The number of aryl methyl sites for hydroxylation is 1. The van der Waals surface area contributed by atoms with Gasteiger partial charge in [-0.1, -0.05) is 73.4 Å². The highest BCUT2D eigenvalue weighted by molar-refractivity contribution is 7.92. The number of nitrogens with zero attached hydrogens (tertiary/aromatic N) is 2. The average Bonchev–Trinajstić information content (AvgIpc) is 2.94. The molecule has 2 amide bonds. The van der Waals surface area contributed by atoms with E-state index >= 15 is 0 Å². The molecule has 0 fully saturated rings. The van der Waals surface area contributed by atoms with Gasteiger partial charge >= 0.3 is 0 Å². The van der Waals surface area contributed by atoms with E-state index in [2.05, 4.69) is 5.32 Å². The molecule has 214 valence electrons. The third kappa shape index (κ3) is 7.77. The zero-order chi connectivity index (χ0) is 29.4. The summed E-state index contributed by atoms with van der Waals surface area (Å²) in [7, 11) is -4.17. The van der Waals surface area contributed by atoms with Gasteiger partial charge in [0.2, 0.25) is 11.8 Å². The first kappa shape index (κ1) is 31.5. The van der Waals surface area contributed by atoms with Gasteiger partial charge in [-0.05, 0) is 74.2 Å². The molecule has 0 saturated heterocycles. The number of sulfonamides is 1. The van der Waals surface area contributed by atoms with Crippen LogP contribution < -0.4 is 9.62 Å². The number of amides is 2. The molecule has 0 aliphatic rings. The summed E-state index contributed by atoms with van der Waals surface area (Å²) in [6, 6.07) is 18.9. The summed E-state index contributed by atoms with van der Waals surface area (Å²) in [5.74, 6) is -0.824. The Hall–Kier alpha value is -3.07. The molecule has 3 aromatic rings. The van der Waals surface area contributed by atoms with Crippen LogP contribution in [-0.4, -0.2) is 43.8 Å². The molecule has 7 nitrogen and oxygen atoms in total. The third-order valence-corrected chi connectivity index (χ3v) is 8.96.